The maximum Gasteiger partial charge on any atom is 0.283 e. The summed E-state index contributed by atoms with van der Waals surface area (Å²) in [5.41, 5.74) is 3.94. The normalized spacial score (nSPS) is 18.1. The van der Waals surface area contributed by atoms with E-state index in [1.807, 2.05) is 29.3 Å². The van der Waals surface area contributed by atoms with Crippen LogP contribution in [0.1, 0.15) is 30.4 Å². The van der Waals surface area contributed by atoms with Crippen molar-refractivity contribution in [1.29, 1.82) is 0 Å². The van der Waals surface area contributed by atoms with E-state index in [4.69, 9.17) is 26.6 Å². The van der Waals surface area contributed by atoms with Gasteiger partial charge < -0.3 is 19.7 Å². The molecule has 1 N–H and O–H groups in total. The highest BCUT2D eigenvalue weighted by Gasteiger charge is 2.43. The molecule has 0 aliphatic carbocycles. The number of nitrogens with zero attached hydrogens (tertiary/aromatic N) is 2. The summed E-state index contributed by atoms with van der Waals surface area (Å²) in [5.74, 6) is 0.719. The molecule has 4 rings (SSSR count). The predicted octanol–water partition coefficient (Wildman–Crippen LogP) is 4.29. The summed E-state index contributed by atoms with van der Waals surface area (Å²) in [5, 5.41) is 9.65. The van der Waals surface area contributed by atoms with E-state index in [0.29, 0.717) is 5.17 Å². The Morgan fingerprint density at radius 2 is 1.86 bits per heavy atom. The number of hydrogen-bond donors (Lipinski definition) is 1. The summed E-state index contributed by atoms with van der Waals surface area (Å²) in [4.78, 5) is 11.7. The Morgan fingerprint density at radius 3 is 2.59 bits per heavy atom. The van der Waals surface area contributed by atoms with Crippen molar-refractivity contribution in [2.75, 3.05) is 25.5 Å². The Balaban J connectivity index is 1.29. The van der Waals surface area contributed by atoms with Crippen LogP contribution in [0, 0.1) is 6.92 Å². The first-order valence-electron chi connectivity index (χ1n) is 9.76. The van der Waals surface area contributed by atoms with E-state index in [1.54, 1.807) is 7.11 Å². The van der Waals surface area contributed by atoms with Crippen LogP contribution in [0.4, 0.5) is 5.69 Å². The third kappa shape index (κ3) is 4.52. The smallest absolute Gasteiger partial charge is 0.283 e. The molecule has 2 heterocycles. The summed E-state index contributed by atoms with van der Waals surface area (Å²) in [6.45, 7) is 3.54. The Morgan fingerprint density at radius 1 is 1.14 bits per heavy atom. The first-order chi connectivity index (χ1) is 14.1. The fraction of sp³-hybridized carbons (Fsp3) is 0.364. The molecule has 1 fully saturated rings. The summed E-state index contributed by atoms with van der Waals surface area (Å²) in [7, 11) is 1.63. The predicted molar refractivity (Wildman–Crippen MR) is 117 cm³/mol. The van der Waals surface area contributed by atoms with E-state index in [-0.39, 0.29) is 5.60 Å². The quantitative estimate of drug-likeness (QED) is 0.758. The molecule has 2 aromatic rings. The van der Waals surface area contributed by atoms with Crippen molar-refractivity contribution in [3.05, 3.63) is 59.7 Å². The number of thiocarbonyl (C=S) groups is 1. The number of rotatable bonds is 4. The van der Waals surface area contributed by atoms with Gasteiger partial charge in [0, 0.05) is 32.4 Å². The first kappa shape index (κ1) is 19.7. The van der Waals surface area contributed by atoms with Gasteiger partial charge in [-0.25, -0.2) is 0 Å². The molecule has 0 amide bonds. The minimum absolute atomic E-state index is 0.238. The minimum Gasteiger partial charge on any atom is -0.495 e. The van der Waals surface area contributed by atoms with E-state index in [1.165, 1.54) is 5.56 Å². The lowest BCUT2D eigenvalue weighted by molar-refractivity contribution is -0.143. The number of para-hydroxylation sites is 2. The van der Waals surface area contributed by atoms with Crippen LogP contribution in [-0.4, -0.2) is 41.7 Å². The van der Waals surface area contributed by atoms with Crippen LogP contribution in [0.3, 0.4) is 0 Å². The second-order valence-corrected chi connectivity index (χ2v) is 7.86. The van der Waals surface area contributed by atoms with Crippen LogP contribution in [0.5, 0.6) is 5.75 Å². The van der Waals surface area contributed by atoms with Gasteiger partial charge in [-0.15, -0.1) is 5.06 Å². The molecule has 1 spiro atoms. The number of hydroxylamine groups is 2. The van der Waals surface area contributed by atoms with Gasteiger partial charge in [-0.1, -0.05) is 47.1 Å². The van der Waals surface area contributed by atoms with E-state index in [2.05, 4.69) is 41.7 Å². The van der Waals surface area contributed by atoms with Crippen molar-refractivity contribution in [3.8, 4) is 5.75 Å². The molecular weight excluding hydrogens is 386 g/mol. The molecule has 0 bridgehead atoms. The summed E-state index contributed by atoms with van der Waals surface area (Å²) < 4.78 is 5.33. The second-order valence-electron chi connectivity index (χ2n) is 7.49. The lowest BCUT2D eigenvalue weighted by atomic mass is 9.86. The minimum atomic E-state index is -0.238. The second kappa shape index (κ2) is 8.39. The van der Waals surface area contributed by atoms with Crippen LogP contribution in [0.15, 0.2) is 53.7 Å². The molecule has 1 saturated heterocycles. The van der Waals surface area contributed by atoms with Crippen molar-refractivity contribution in [1.82, 2.24) is 5.06 Å². The molecule has 152 valence electrons. The maximum absolute atomic E-state index is 5.90. The number of aryl methyl sites for hydroxylation is 1. The fourth-order valence-corrected chi connectivity index (χ4v) is 3.89. The highest BCUT2D eigenvalue weighted by molar-refractivity contribution is 7.80. The van der Waals surface area contributed by atoms with Gasteiger partial charge in [0.15, 0.2) is 0 Å². The van der Waals surface area contributed by atoms with Gasteiger partial charge in [0.25, 0.3) is 5.17 Å². The molecular formula is C22H25N3O3S. The van der Waals surface area contributed by atoms with Gasteiger partial charge in [-0.2, -0.15) is 0 Å². The van der Waals surface area contributed by atoms with Crippen LogP contribution in [0.2, 0.25) is 0 Å². The molecule has 7 heteroatoms. The molecule has 2 aromatic carbocycles. The summed E-state index contributed by atoms with van der Waals surface area (Å²) in [6.07, 6.45) is 2.50. The van der Waals surface area contributed by atoms with E-state index in [0.717, 1.165) is 55.1 Å². The van der Waals surface area contributed by atoms with Gasteiger partial charge in [-0.05, 0) is 36.8 Å². The molecule has 29 heavy (non-hydrogen) atoms. The van der Waals surface area contributed by atoms with Crippen molar-refractivity contribution < 1.29 is 14.4 Å². The van der Waals surface area contributed by atoms with Crippen molar-refractivity contribution in [2.24, 2.45) is 5.16 Å². The molecule has 0 saturated carbocycles. The largest absolute Gasteiger partial charge is 0.495 e. The molecule has 2 aliphatic rings. The lowest BCUT2D eigenvalue weighted by Crippen LogP contribution is -2.45. The molecule has 6 nitrogen and oxygen atoms in total. The standard InChI is InChI=1S/C22H25N3O3S/c1-16-7-9-17(10-8-16)19-15-22(28-24-19)11-13-25(14-12-22)27-21(29)23-18-5-3-4-6-20(18)26-2/h3-10H,11-15H2,1-2H3,(H,23,29). The zero-order chi connectivity index (χ0) is 20.3. The number of methoxy groups -OCH3 is 1. The van der Waals surface area contributed by atoms with E-state index >= 15 is 0 Å². The van der Waals surface area contributed by atoms with Gasteiger partial charge >= 0.3 is 0 Å². The number of piperidine rings is 1. The Labute approximate surface area is 176 Å². The van der Waals surface area contributed by atoms with Gasteiger partial charge in [0.2, 0.25) is 0 Å². The number of nitrogens with one attached hydrogen (secondary N) is 1. The Kier molecular flexibility index (Phi) is 5.69. The van der Waals surface area contributed by atoms with Crippen LogP contribution < -0.4 is 10.1 Å². The van der Waals surface area contributed by atoms with Crippen LogP contribution >= 0.6 is 12.2 Å². The molecule has 0 radical (unpaired) electrons. The van der Waals surface area contributed by atoms with Gasteiger partial charge in [0.1, 0.15) is 11.4 Å². The fourth-order valence-electron chi connectivity index (χ4n) is 3.67. The summed E-state index contributed by atoms with van der Waals surface area (Å²) >= 11 is 5.36. The average molecular weight is 412 g/mol. The molecule has 2 aliphatic heterocycles. The lowest BCUT2D eigenvalue weighted by Gasteiger charge is -2.36. The highest BCUT2D eigenvalue weighted by atomic mass is 32.1. The van der Waals surface area contributed by atoms with Crippen LogP contribution in [-0.2, 0) is 9.68 Å². The van der Waals surface area contributed by atoms with Crippen molar-refractivity contribution in [2.45, 2.75) is 31.8 Å². The van der Waals surface area contributed by atoms with Gasteiger partial charge in [-0.3, -0.25) is 0 Å². The molecule has 0 aromatic heterocycles. The number of hydrogen-bond acceptors (Lipinski definition) is 6. The number of oxime groups is 1. The molecule has 0 atom stereocenters. The number of ether oxygens (including phenoxy) is 1. The van der Waals surface area contributed by atoms with E-state index < -0.39 is 0 Å². The van der Waals surface area contributed by atoms with Gasteiger partial charge in [0.05, 0.1) is 18.5 Å². The monoisotopic (exact) mass is 411 g/mol. The highest BCUT2D eigenvalue weighted by Crippen LogP contribution is 2.36. The van der Waals surface area contributed by atoms with E-state index in [9.17, 15) is 0 Å². The summed E-state index contributed by atoms with van der Waals surface area (Å²) in [6, 6.07) is 16.0. The van der Waals surface area contributed by atoms with Crippen molar-refractivity contribution >= 4 is 28.8 Å². The zero-order valence-corrected chi connectivity index (χ0v) is 17.5. The van der Waals surface area contributed by atoms with Crippen LogP contribution in [0.25, 0.3) is 0 Å². The third-order valence-electron chi connectivity index (χ3n) is 5.41. The Bertz CT molecular complexity index is 906. The maximum atomic E-state index is 5.90. The third-order valence-corrected chi connectivity index (χ3v) is 5.59. The average Bonchev–Trinajstić information content (AvgIpc) is 3.14. The SMILES string of the molecule is COc1ccccc1NC(=S)ON1CCC2(CC1)CC(c1ccc(C)cc1)=NO2. The van der Waals surface area contributed by atoms with Crippen molar-refractivity contribution in [3.63, 3.8) is 0 Å². The topological polar surface area (TPSA) is 55.3 Å². The number of benzene rings is 2. The zero-order valence-electron chi connectivity index (χ0n) is 16.7. The number of anilines is 1. The first-order valence-corrected chi connectivity index (χ1v) is 10.2. The Hall–Kier alpha value is -2.64. The molecule has 0 unspecified atom stereocenters.